The summed E-state index contributed by atoms with van der Waals surface area (Å²) in [4.78, 5) is 7.06. The molecule has 2 rings (SSSR count). The number of nitrogens with one attached hydrogen (secondary N) is 1. The van der Waals surface area contributed by atoms with Gasteiger partial charge in [-0.05, 0) is 34.1 Å². The number of alkyl halides is 3. The van der Waals surface area contributed by atoms with Gasteiger partial charge >= 0.3 is 6.18 Å². The maximum Gasteiger partial charge on any atom is 0.433 e. The van der Waals surface area contributed by atoms with E-state index in [4.69, 9.17) is 4.74 Å². The van der Waals surface area contributed by atoms with Crippen LogP contribution in [0.1, 0.15) is 5.69 Å². The van der Waals surface area contributed by atoms with Crippen LogP contribution >= 0.6 is 15.9 Å². The van der Waals surface area contributed by atoms with Crippen LogP contribution in [0.3, 0.4) is 0 Å². The van der Waals surface area contributed by atoms with E-state index in [-0.39, 0.29) is 22.1 Å². The fourth-order valence-electron chi connectivity index (χ4n) is 1.40. The Morgan fingerprint density at radius 3 is 2.48 bits per heavy atom. The Bertz CT molecular complexity index is 663. The average molecular weight is 366 g/mol. The van der Waals surface area contributed by atoms with Crippen molar-refractivity contribution in [2.24, 2.45) is 0 Å². The van der Waals surface area contributed by atoms with Gasteiger partial charge in [0.2, 0.25) is 11.8 Å². The van der Waals surface area contributed by atoms with E-state index in [1.807, 2.05) is 0 Å². The van der Waals surface area contributed by atoms with Crippen LogP contribution in [0, 0.1) is 5.82 Å². The topological polar surface area (TPSA) is 47.0 Å². The molecule has 1 N–H and O–H groups in total. The first-order valence-electron chi connectivity index (χ1n) is 5.56. The summed E-state index contributed by atoms with van der Waals surface area (Å²) in [6.45, 7) is 0. The highest BCUT2D eigenvalue weighted by Gasteiger charge is 2.34. The van der Waals surface area contributed by atoms with E-state index in [1.54, 1.807) is 0 Å². The Balaban J connectivity index is 2.36. The zero-order valence-corrected chi connectivity index (χ0v) is 12.1. The van der Waals surface area contributed by atoms with E-state index in [0.717, 1.165) is 6.07 Å². The number of hydrogen-bond donors (Lipinski definition) is 1. The van der Waals surface area contributed by atoms with Crippen molar-refractivity contribution in [1.82, 2.24) is 9.97 Å². The first-order valence-corrected chi connectivity index (χ1v) is 6.36. The summed E-state index contributed by atoms with van der Waals surface area (Å²) in [5.74, 6) is -0.921. The summed E-state index contributed by atoms with van der Waals surface area (Å²) in [5.41, 5.74) is -1.14. The molecule has 112 valence electrons. The van der Waals surface area contributed by atoms with Crippen LogP contribution in [-0.2, 0) is 6.18 Å². The van der Waals surface area contributed by atoms with Gasteiger partial charge in [0.15, 0.2) is 5.69 Å². The highest BCUT2D eigenvalue weighted by atomic mass is 79.9. The number of nitrogens with zero attached hydrogens (tertiary/aromatic N) is 2. The molecule has 1 aromatic heterocycles. The van der Waals surface area contributed by atoms with Crippen LogP contribution in [0.4, 0.5) is 23.5 Å². The van der Waals surface area contributed by atoms with Crippen molar-refractivity contribution >= 4 is 21.9 Å². The van der Waals surface area contributed by atoms with Crippen LogP contribution in [0.15, 0.2) is 28.7 Å². The van der Waals surface area contributed by atoms with Crippen LogP contribution in [0.2, 0.25) is 0 Å². The first-order chi connectivity index (χ1) is 9.79. The summed E-state index contributed by atoms with van der Waals surface area (Å²) in [6.07, 6.45) is -4.63. The van der Waals surface area contributed by atoms with Gasteiger partial charge in [0.05, 0.1) is 4.47 Å². The van der Waals surface area contributed by atoms with Crippen LogP contribution in [0.25, 0.3) is 0 Å². The lowest BCUT2D eigenvalue weighted by atomic mass is 10.3. The van der Waals surface area contributed by atoms with E-state index in [9.17, 15) is 17.6 Å². The molecule has 21 heavy (non-hydrogen) atoms. The number of anilines is 1. The monoisotopic (exact) mass is 365 g/mol. The molecule has 0 saturated heterocycles. The molecule has 0 bridgehead atoms. The lowest BCUT2D eigenvalue weighted by Crippen LogP contribution is -2.11. The molecule has 0 aliphatic rings. The van der Waals surface area contributed by atoms with Crippen molar-refractivity contribution in [2.75, 3.05) is 12.4 Å². The van der Waals surface area contributed by atoms with Gasteiger partial charge < -0.3 is 10.1 Å². The fraction of sp³-hybridized carbons (Fsp3) is 0.167. The summed E-state index contributed by atoms with van der Waals surface area (Å²) < 4.78 is 56.5. The molecule has 0 unspecified atom stereocenters. The Hall–Kier alpha value is -1.90. The third-order valence-electron chi connectivity index (χ3n) is 2.33. The van der Waals surface area contributed by atoms with E-state index >= 15 is 0 Å². The minimum Gasteiger partial charge on any atom is -0.439 e. The van der Waals surface area contributed by atoms with E-state index in [1.165, 1.54) is 19.2 Å². The molecular formula is C12H8BrF4N3O. The summed E-state index contributed by atoms with van der Waals surface area (Å²) in [6, 6.07) is 4.33. The van der Waals surface area contributed by atoms with Gasteiger partial charge in [0, 0.05) is 13.1 Å². The smallest absolute Gasteiger partial charge is 0.433 e. The molecule has 0 saturated carbocycles. The highest BCUT2D eigenvalue weighted by molar-refractivity contribution is 9.10. The van der Waals surface area contributed by atoms with Crippen molar-refractivity contribution in [3.05, 3.63) is 40.2 Å². The third-order valence-corrected chi connectivity index (χ3v) is 2.94. The molecule has 4 nitrogen and oxygen atoms in total. The molecule has 2 aromatic rings. The van der Waals surface area contributed by atoms with Gasteiger partial charge in [-0.2, -0.15) is 18.2 Å². The summed E-state index contributed by atoms with van der Waals surface area (Å²) in [7, 11) is 1.38. The number of rotatable bonds is 3. The van der Waals surface area contributed by atoms with Crippen molar-refractivity contribution < 1.29 is 22.3 Å². The van der Waals surface area contributed by atoms with Gasteiger partial charge in [-0.3, -0.25) is 0 Å². The Labute approximate surface area is 125 Å². The zero-order valence-electron chi connectivity index (χ0n) is 10.5. The average Bonchev–Trinajstić information content (AvgIpc) is 2.41. The second kappa shape index (κ2) is 5.84. The number of aromatic nitrogens is 2. The van der Waals surface area contributed by atoms with Gasteiger partial charge in [-0.25, -0.2) is 9.37 Å². The zero-order chi connectivity index (χ0) is 15.6. The van der Waals surface area contributed by atoms with Crippen molar-refractivity contribution in [3.63, 3.8) is 0 Å². The molecule has 9 heteroatoms. The van der Waals surface area contributed by atoms with Gasteiger partial charge in [-0.1, -0.05) is 0 Å². The lowest BCUT2D eigenvalue weighted by Gasteiger charge is -2.11. The Kier molecular flexibility index (Phi) is 4.31. The molecule has 0 aliphatic carbocycles. The fourth-order valence-corrected chi connectivity index (χ4v) is 1.75. The predicted molar refractivity (Wildman–Crippen MR) is 70.8 cm³/mol. The third kappa shape index (κ3) is 3.81. The Morgan fingerprint density at radius 2 is 1.90 bits per heavy atom. The molecule has 1 heterocycles. The van der Waals surface area contributed by atoms with Gasteiger partial charge in [-0.15, -0.1) is 0 Å². The molecule has 0 aliphatic heterocycles. The number of hydrogen-bond acceptors (Lipinski definition) is 4. The minimum absolute atomic E-state index is 0.124. The van der Waals surface area contributed by atoms with Gasteiger partial charge in [0.25, 0.3) is 0 Å². The summed E-state index contributed by atoms with van der Waals surface area (Å²) >= 11 is 2.95. The second-order valence-corrected chi connectivity index (χ2v) is 4.70. The van der Waals surface area contributed by atoms with Crippen molar-refractivity contribution in [3.8, 4) is 11.6 Å². The minimum atomic E-state index is -4.63. The molecule has 0 atom stereocenters. The summed E-state index contributed by atoms with van der Waals surface area (Å²) in [5, 5.41) is 2.41. The first kappa shape index (κ1) is 15.5. The second-order valence-electron chi connectivity index (χ2n) is 3.84. The van der Waals surface area contributed by atoms with Crippen molar-refractivity contribution in [2.45, 2.75) is 6.18 Å². The van der Waals surface area contributed by atoms with Crippen LogP contribution < -0.4 is 10.1 Å². The van der Waals surface area contributed by atoms with E-state index in [0.29, 0.717) is 6.07 Å². The molecule has 0 radical (unpaired) electrons. The standard InChI is InChI=1S/C12H8BrF4N3O/c1-18-11-19-9(12(15,16)17)5-10(20-11)21-6-2-3-8(14)7(13)4-6/h2-5H,1H3,(H,18,19,20). The number of benzene rings is 1. The molecule has 0 fully saturated rings. The predicted octanol–water partition coefficient (Wildman–Crippen LogP) is 4.23. The molecule has 0 amide bonds. The highest BCUT2D eigenvalue weighted by Crippen LogP contribution is 2.32. The Morgan fingerprint density at radius 1 is 1.19 bits per heavy atom. The van der Waals surface area contributed by atoms with Crippen LogP contribution in [0.5, 0.6) is 11.6 Å². The number of ether oxygens (including phenoxy) is 1. The molecular weight excluding hydrogens is 358 g/mol. The maximum absolute atomic E-state index is 13.1. The normalized spacial score (nSPS) is 11.3. The van der Waals surface area contributed by atoms with E-state index in [2.05, 4.69) is 31.2 Å². The molecule has 1 aromatic carbocycles. The SMILES string of the molecule is CNc1nc(Oc2ccc(F)c(Br)c2)cc(C(F)(F)F)n1. The quantitative estimate of drug-likeness (QED) is 0.826. The largest absolute Gasteiger partial charge is 0.439 e. The van der Waals surface area contributed by atoms with Gasteiger partial charge in [0.1, 0.15) is 11.6 Å². The lowest BCUT2D eigenvalue weighted by molar-refractivity contribution is -0.141. The molecule has 0 spiro atoms. The van der Waals surface area contributed by atoms with Crippen LogP contribution in [-0.4, -0.2) is 17.0 Å². The van der Waals surface area contributed by atoms with Crippen molar-refractivity contribution in [1.29, 1.82) is 0 Å². The van der Waals surface area contributed by atoms with E-state index < -0.39 is 17.7 Å². The number of halogens is 5. The maximum atomic E-state index is 13.1.